The Morgan fingerprint density at radius 2 is 2.45 bits per heavy atom. The van der Waals surface area contributed by atoms with Gasteiger partial charge in [0.05, 0.1) is 0 Å². The van der Waals surface area contributed by atoms with Gasteiger partial charge in [0.2, 0.25) is 5.28 Å². The number of fused-ring (bicyclic) bond motifs is 1. The summed E-state index contributed by atoms with van der Waals surface area (Å²) in [7, 11) is 0. The molecule has 0 radical (unpaired) electrons. The topological polar surface area (TPSA) is 37.8 Å². The Labute approximate surface area is 69.1 Å². The highest BCUT2D eigenvalue weighted by atomic mass is 35.5. The lowest BCUT2D eigenvalue weighted by Gasteiger charge is -2.09. The summed E-state index contributed by atoms with van der Waals surface area (Å²) < 4.78 is 0. The summed E-state index contributed by atoms with van der Waals surface area (Å²) in [6.45, 7) is 0. The third kappa shape index (κ3) is 1.19. The van der Waals surface area contributed by atoms with Crippen LogP contribution in [0.25, 0.3) is 0 Å². The van der Waals surface area contributed by atoms with Crippen LogP contribution in [0.4, 0.5) is 5.82 Å². The van der Waals surface area contributed by atoms with Gasteiger partial charge in [-0.15, -0.1) is 0 Å². The summed E-state index contributed by atoms with van der Waals surface area (Å²) in [4.78, 5) is 7.88. The number of allylic oxidation sites excluding steroid dienone is 1. The fourth-order valence-corrected chi connectivity index (χ4v) is 1.12. The number of aromatic nitrogens is 2. The highest BCUT2D eigenvalue weighted by Gasteiger charge is 2.05. The molecule has 2 heterocycles. The molecule has 0 amide bonds. The minimum absolute atomic E-state index is 0.284. The number of nitrogens with one attached hydrogen (secondary N) is 1. The monoisotopic (exact) mass is 167 g/mol. The second-order valence-electron chi connectivity index (χ2n) is 2.26. The number of nitrogens with zero attached hydrogens (tertiary/aromatic N) is 2. The molecule has 0 saturated carbocycles. The van der Waals surface area contributed by atoms with Crippen molar-refractivity contribution in [1.82, 2.24) is 9.97 Å². The van der Waals surface area contributed by atoms with Crippen LogP contribution in [0, 0.1) is 0 Å². The van der Waals surface area contributed by atoms with Gasteiger partial charge in [-0.05, 0) is 24.2 Å². The lowest BCUT2D eigenvalue weighted by Crippen LogP contribution is -2.03. The Morgan fingerprint density at radius 1 is 1.55 bits per heavy atom. The molecule has 0 saturated heterocycles. The Hall–Kier alpha value is -1.09. The van der Waals surface area contributed by atoms with Crippen molar-refractivity contribution in [3.63, 3.8) is 0 Å². The van der Waals surface area contributed by atoms with Crippen LogP contribution in [-0.4, -0.2) is 9.97 Å². The molecule has 0 aliphatic carbocycles. The summed E-state index contributed by atoms with van der Waals surface area (Å²) in [6, 6.07) is 0. The van der Waals surface area contributed by atoms with Crippen LogP contribution >= 0.6 is 11.6 Å². The van der Waals surface area contributed by atoms with E-state index in [2.05, 4.69) is 15.3 Å². The van der Waals surface area contributed by atoms with Crippen LogP contribution in [0.3, 0.4) is 0 Å². The molecule has 11 heavy (non-hydrogen) atoms. The maximum Gasteiger partial charge on any atom is 0.224 e. The molecule has 1 N–H and O–H groups in total. The standard InChI is InChI=1S/C7H6ClN3/c8-7-10-4-5-2-1-3-9-6(5)11-7/h1,3-4H,2H2,(H,9,10,11). The molecule has 3 nitrogen and oxygen atoms in total. The molecule has 1 aromatic heterocycles. The zero-order valence-corrected chi connectivity index (χ0v) is 6.47. The highest BCUT2D eigenvalue weighted by Crippen LogP contribution is 2.17. The molecular weight excluding hydrogens is 162 g/mol. The van der Waals surface area contributed by atoms with Crippen molar-refractivity contribution < 1.29 is 0 Å². The van der Waals surface area contributed by atoms with E-state index in [1.54, 1.807) is 6.20 Å². The SMILES string of the molecule is Clc1ncc2c(n1)NC=CC2. The van der Waals surface area contributed by atoms with Gasteiger partial charge in [-0.25, -0.2) is 9.97 Å². The van der Waals surface area contributed by atoms with Crippen molar-refractivity contribution in [2.24, 2.45) is 0 Å². The molecule has 0 bridgehead atoms. The second kappa shape index (κ2) is 2.51. The van der Waals surface area contributed by atoms with Gasteiger partial charge in [0.1, 0.15) is 5.82 Å². The molecule has 4 heteroatoms. The van der Waals surface area contributed by atoms with Gasteiger partial charge in [0, 0.05) is 11.8 Å². The molecule has 0 unspecified atom stereocenters. The van der Waals surface area contributed by atoms with Crippen molar-refractivity contribution in [3.05, 3.63) is 29.3 Å². The minimum Gasteiger partial charge on any atom is -0.347 e. The molecule has 0 aromatic carbocycles. The molecule has 56 valence electrons. The van der Waals surface area contributed by atoms with Crippen molar-refractivity contribution in [1.29, 1.82) is 0 Å². The summed E-state index contributed by atoms with van der Waals surface area (Å²) in [5.41, 5.74) is 1.08. The average Bonchev–Trinajstić information content (AvgIpc) is 2.04. The van der Waals surface area contributed by atoms with Gasteiger partial charge < -0.3 is 5.32 Å². The molecule has 0 atom stereocenters. The number of rotatable bonds is 0. The van der Waals surface area contributed by atoms with Gasteiger partial charge in [-0.1, -0.05) is 6.08 Å². The maximum absolute atomic E-state index is 5.59. The smallest absolute Gasteiger partial charge is 0.224 e. The number of hydrogen-bond donors (Lipinski definition) is 1. The first-order valence-electron chi connectivity index (χ1n) is 3.29. The van der Waals surface area contributed by atoms with Crippen molar-refractivity contribution in [3.8, 4) is 0 Å². The maximum atomic E-state index is 5.59. The molecule has 0 fully saturated rings. The predicted octanol–water partition coefficient (Wildman–Crippen LogP) is 1.61. The zero-order valence-electron chi connectivity index (χ0n) is 5.71. The Kier molecular flexibility index (Phi) is 1.51. The van der Waals surface area contributed by atoms with E-state index in [9.17, 15) is 0 Å². The van der Waals surface area contributed by atoms with Gasteiger partial charge in [-0.2, -0.15) is 0 Å². The van der Waals surface area contributed by atoms with Crippen molar-refractivity contribution in [2.75, 3.05) is 5.32 Å². The lowest BCUT2D eigenvalue weighted by atomic mass is 10.2. The quantitative estimate of drug-likeness (QED) is 0.597. The van der Waals surface area contributed by atoms with Crippen LogP contribution < -0.4 is 5.32 Å². The van der Waals surface area contributed by atoms with E-state index in [1.807, 2.05) is 12.3 Å². The fourth-order valence-electron chi connectivity index (χ4n) is 0.983. The minimum atomic E-state index is 0.284. The zero-order chi connectivity index (χ0) is 7.68. The Balaban J connectivity index is 2.48. The average molecular weight is 168 g/mol. The Morgan fingerprint density at radius 3 is 3.36 bits per heavy atom. The van der Waals surface area contributed by atoms with Crippen LogP contribution in [0.2, 0.25) is 5.28 Å². The van der Waals surface area contributed by atoms with Crippen LogP contribution in [0.5, 0.6) is 0 Å². The fraction of sp³-hybridized carbons (Fsp3) is 0.143. The van der Waals surface area contributed by atoms with E-state index in [1.165, 1.54) is 0 Å². The lowest BCUT2D eigenvalue weighted by molar-refractivity contribution is 1.07. The van der Waals surface area contributed by atoms with Gasteiger partial charge in [0.15, 0.2) is 0 Å². The summed E-state index contributed by atoms with van der Waals surface area (Å²) >= 11 is 5.59. The number of hydrogen-bond acceptors (Lipinski definition) is 3. The first-order valence-corrected chi connectivity index (χ1v) is 3.67. The molecule has 0 spiro atoms. The molecule has 1 aromatic rings. The molecular formula is C7H6ClN3. The van der Waals surface area contributed by atoms with E-state index in [4.69, 9.17) is 11.6 Å². The predicted molar refractivity (Wildman–Crippen MR) is 43.5 cm³/mol. The first-order chi connectivity index (χ1) is 5.36. The molecule has 1 aliphatic rings. The summed E-state index contributed by atoms with van der Waals surface area (Å²) in [5.74, 6) is 0.813. The Bertz CT molecular complexity index is 309. The van der Waals surface area contributed by atoms with Gasteiger partial charge in [0.25, 0.3) is 0 Å². The van der Waals surface area contributed by atoms with Crippen LogP contribution in [0.15, 0.2) is 18.5 Å². The van der Waals surface area contributed by atoms with E-state index >= 15 is 0 Å². The summed E-state index contributed by atoms with van der Waals surface area (Å²) in [5, 5.41) is 3.27. The third-order valence-corrected chi connectivity index (χ3v) is 1.69. The summed E-state index contributed by atoms with van der Waals surface area (Å²) in [6.07, 6.45) is 6.48. The van der Waals surface area contributed by atoms with E-state index in [-0.39, 0.29) is 5.28 Å². The first kappa shape index (κ1) is 6.61. The van der Waals surface area contributed by atoms with Gasteiger partial charge >= 0.3 is 0 Å². The van der Waals surface area contributed by atoms with Crippen LogP contribution in [0.1, 0.15) is 5.56 Å². The molecule has 2 rings (SSSR count). The number of anilines is 1. The van der Waals surface area contributed by atoms with Gasteiger partial charge in [-0.3, -0.25) is 0 Å². The van der Waals surface area contributed by atoms with Crippen molar-refractivity contribution in [2.45, 2.75) is 6.42 Å². The van der Waals surface area contributed by atoms with E-state index in [0.717, 1.165) is 17.8 Å². The van der Waals surface area contributed by atoms with Crippen LogP contribution in [-0.2, 0) is 6.42 Å². The van der Waals surface area contributed by atoms with E-state index < -0.39 is 0 Å². The normalized spacial score (nSPS) is 13.9. The molecule has 1 aliphatic heterocycles. The third-order valence-electron chi connectivity index (χ3n) is 1.51. The largest absolute Gasteiger partial charge is 0.347 e. The highest BCUT2D eigenvalue weighted by molar-refractivity contribution is 6.28. The number of halogens is 1. The van der Waals surface area contributed by atoms with Crippen molar-refractivity contribution >= 4 is 17.4 Å². The second-order valence-corrected chi connectivity index (χ2v) is 2.60. The van der Waals surface area contributed by atoms with E-state index in [0.29, 0.717) is 0 Å².